The molecule has 0 saturated carbocycles. The summed E-state index contributed by atoms with van der Waals surface area (Å²) in [6.45, 7) is 2.11. The van der Waals surface area contributed by atoms with E-state index < -0.39 is 0 Å². The van der Waals surface area contributed by atoms with Gasteiger partial charge in [-0.1, -0.05) is 37.3 Å². The Bertz CT molecular complexity index is 318. The van der Waals surface area contributed by atoms with Crippen molar-refractivity contribution in [3.05, 3.63) is 35.9 Å². The van der Waals surface area contributed by atoms with E-state index >= 15 is 0 Å². The van der Waals surface area contributed by atoms with Gasteiger partial charge in [-0.05, 0) is 18.4 Å². The normalized spacial score (nSPS) is 11.6. The molecule has 0 fully saturated rings. The second-order valence-corrected chi connectivity index (χ2v) is 3.65. The van der Waals surface area contributed by atoms with E-state index in [4.69, 9.17) is 0 Å². The molecular formula is C14H18O. The maximum absolute atomic E-state index is 9.70. The quantitative estimate of drug-likeness (QED) is 0.744. The molecule has 0 aliphatic carbocycles. The number of aliphatic hydroxyl groups is 1. The van der Waals surface area contributed by atoms with Crippen LogP contribution in [0.5, 0.6) is 0 Å². The van der Waals surface area contributed by atoms with Crippen molar-refractivity contribution in [1.29, 1.82) is 0 Å². The lowest BCUT2D eigenvalue weighted by atomic mass is 10.1. The summed E-state index contributed by atoms with van der Waals surface area (Å²) in [7, 11) is 0. The van der Waals surface area contributed by atoms with E-state index in [2.05, 4.69) is 18.8 Å². The zero-order valence-corrected chi connectivity index (χ0v) is 9.24. The molecule has 0 aromatic heterocycles. The van der Waals surface area contributed by atoms with Crippen molar-refractivity contribution in [3.8, 4) is 11.8 Å². The summed E-state index contributed by atoms with van der Waals surface area (Å²) in [6, 6.07) is 10.0. The van der Waals surface area contributed by atoms with Gasteiger partial charge in [-0.15, -0.1) is 11.8 Å². The molecule has 80 valence electrons. The van der Waals surface area contributed by atoms with Gasteiger partial charge in [0.15, 0.2) is 0 Å². The fourth-order valence-corrected chi connectivity index (χ4v) is 1.36. The van der Waals surface area contributed by atoms with Gasteiger partial charge in [0.2, 0.25) is 0 Å². The van der Waals surface area contributed by atoms with E-state index in [-0.39, 0.29) is 6.10 Å². The highest BCUT2D eigenvalue weighted by Crippen LogP contribution is 2.04. The first-order chi connectivity index (χ1) is 7.33. The summed E-state index contributed by atoms with van der Waals surface area (Å²) in [4.78, 5) is 0. The average molecular weight is 202 g/mol. The Morgan fingerprint density at radius 2 is 1.93 bits per heavy atom. The standard InChI is InChI=1S/C14H18O/c1-2-3-4-8-11-14(15)12-13-9-6-5-7-10-13/h5-7,9-10,14-15H,2-3,11-12H2,1H3. The molecule has 0 spiro atoms. The van der Waals surface area contributed by atoms with Crippen molar-refractivity contribution >= 4 is 0 Å². The number of hydrogen-bond donors (Lipinski definition) is 1. The van der Waals surface area contributed by atoms with Crippen molar-refractivity contribution in [1.82, 2.24) is 0 Å². The molecular weight excluding hydrogens is 184 g/mol. The Kier molecular flexibility index (Phi) is 5.58. The zero-order valence-electron chi connectivity index (χ0n) is 9.24. The first-order valence-corrected chi connectivity index (χ1v) is 5.50. The second kappa shape index (κ2) is 7.09. The van der Waals surface area contributed by atoms with E-state index in [1.54, 1.807) is 0 Å². The second-order valence-electron chi connectivity index (χ2n) is 3.65. The van der Waals surface area contributed by atoms with Gasteiger partial charge in [-0.3, -0.25) is 0 Å². The van der Waals surface area contributed by atoms with E-state index in [0.717, 1.165) is 12.8 Å². The minimum Gasteiger partial charge on any atom is -0.392 e. The highest BCUT2D eigenvalue weighted by atomic mass is 16.3. The van der Waals surface area contributed by atoms with Crippen LogP contribution >= 0.6 is 0 Å². The van der Waals surface area contributed by atoms with Gasteiger partial charge >= 0.3 is 0 Å². The molecule has 1 rings (SSSR count). The zero-order chi connectivity index (χ0) is 10.9. The molecule has 0 heterocycles. The molecule has 15 heavy (non-hydrogen) atoms. The van der Waals surface area contributed by atoms with Crippen LogP contribution in [0.25, 0.3) is 0 Å². The van der Waals surface area contributed by atoms with Crippen molar-refractivity contribution in [2.45, 2.75) is 38.7 Å². The fraction of sp³-hybridized carbons (Fsp3) is 0.429. The van der Waals surface area contributed by atoms with Crippen molar-refractivity contribution in [3.63, 3.8) is 0 Å². The monoisotopic (exact) mass is 202 g/mol. The van der Waals surface area contributed by atoms with E-state index in [1.165, 1.54) is 5.56 Å². The Morgan fingerprint density at radius 1 is 1.20 bits per heavy atom. The molecule has 1 N–H and O–H groups in total. The molecule has 0 bridgehead atoms. The van der Waals surface area contributed by atoms with E-state index in [9.17, 15) is 5.11 Å². The fourth-order valence-electron chi connectivity index (χ4n) is 1.36. The number of rotatable bonds is 4. The molecule has 1 heteroatoms. The maximum Gasteiger partial charge on any atom is 0.0689 e. The van der Waals surface area contributed by atoms with Crippen molar-refractivity contribution in [2.75, 3.05) is 0 Å². The highest BCUT2D eigenvalue weighted by molar-refractivity contribution is 5.16. The van der Waals surface area contributed by atoms with Gasteiger partial charge in [0.1, 0.15) is 0 Å². The van der Waals surface area contributed by atoms with Crippen LogP contribution in [-0.4, -0.2) is 11.2 Å². The smallest absolute Gasteiger partial charge is 0.0689 e. The first-order valence-electron chi connectivity index (χ1n) is 5.50. The van der Waals surface area contributed by atoms with Crippen molar-refractivity contribution < 1.29 is 5.11 Å². The average Bonchev–Trinajstić information content (AvgIpc) is 2.26. The third-order valence-electron chi connectivity index (χ3n) is 2.15. The van der Waals surface area contributed by atoms with E-state index in [1.807, 2.05) is 30.3 Å². The summed E-state index contributed by atoms with van der Waals surface area (Å²) < 4.78 is 0. The van der Waals surface area contributed by atoms with Crippen LogP contribution in [-0.2, 0) is 6.42 Å². The van der Waals surface area contributed by atoms with E-state index in [0.29, 0.717) is 12.8 Å². The number of benzene rings is 1. The highest BCUT2D eigenvalue weighted by Gasteiger charge is 2.02. The van der Waals surface area contributed by atoms with Gasteiger partial charge in [-0.2, -0.15) is 0 Å². The SMILES string of the molecule is CCCC#CCC(O)Cc1ccccc1. The number of unbranched alkanes of at least 4 members (excludes halogenated alkanes) is 1. The maximum atomic E-state index is 9.70. The van der Waals surface area contributed by atoms with Gasteiger partial charge in [0, 0.05) is 12.8 Å². The first kappa shape index (κ1) is 11.8. The third-order valence-corrected chi connectivity index (χ3v) is 2.15. The lowest BCUT2D eigenvalue weighted by Gasteiger charge is -2.06. The Morgan fingerprint density at radius 3 is 2.60 bits per heavy atom. The van der Waals surface area contributed by atoms with Gasteiger partial charge < -0.3 is 5.11 Å². The predicted molar refractivity (Wildman–Crippen MR) is 63.5 cm³/mol. The van der Waals surface area contributed by atoms with Gasteiger partial charge in [-0.25, -0.2) is 0 Å². The predicted octanol–water partition coefficient (Wildman–Crippen LogP) is 2.78. The molecule has 1 nitrogen and oxygen atoms in total. The molecule has 0 amide bonds. The molecule has 0 saturated heterocycles. The molecule has 0 aliphatic heterocycles. The van der Waals surface area contributed by atoms with Crippen LogP contribution in [0, 0.1) is 11.8 Å². The summed E-state index contributed by atoms with van der Waals surface area (Å²) in [5.41, 5.74) is 1.17. The minimum absolute atomic E-state index is 0.336. The van der Waals surface area contributed by atoms with Crippen LogP contribution < -0.4 is 0 Å². The van der Waals surface area contributed by atoms with Crippen LogP contribution in [0.2, 0.25) is 0 Å². The molecule has 1 aromatic rings. The third kappa shape index (κ3) is 5.24. The molecule has 1 unspecified atom stereocenters. The summed E-state index contributed by atoms with van der Waals surface area (Å²) in [6.07, 6.45) is 2.95. The van der Waals surface area contributed by atoms with Crippen LogP contribution in [0.15, 0.2) is 30.3 Å². The van der Waals surface area contributed by atoms with Gasteiger partial charge in [0.25, 0.3) is 0 Å². The summed E-state index contributed by atoms with van der Waals surface area (Å²) in [5, 5.41) is 9.70. The topological polar surface area (TPSA) is 20.2 Å². The lowest BCUT2D eigenvalue weighted by Crippen LogP contribution is -2.08. The molecule has 0 aliphatic rings. The van der Waals surface area contributed by atoms with Crippen molar-refractivity contribution in [2.24, 2.45) is 0 Å². The largest absolute Gasteiger partial charge is 0.392 e. The summed E-state index contributed by atoms with van der Waals surface area (Å²) >= 11 is 0. The number of hydrogen-bond acceptors (Lipinski definition) is 1. The Balaban J connectivity index is 2.31. The van der Waals surface area contributed by atoms with Crippen LogP contribution in [0.1, 0.15) is 31.7 Å². The molecule has 1 atom stereocenters. The van der Waals surface area contributed by atoms with Crippen LogP contribution in [0.3, 0.4) is 0 Å². The van der Waals surface area contributed by atoms with Crippen LogP contribution in [0.4, 0.5) is 0 Å². The molecule has 1 aromatic carbocycles. The minimum atomic E-state index is -0.336. The Labute approximate surface area is 92.1 Å². The van der Waals surface area contributed by atoms with Gasteiger partial charge in [0.05, 0.1) is 6.10 Å². The Hall–Kier alpha value is -1.26. The number of aliphatic hydroxyl groups excluding tert-OH is 1. The summed E-state index contributed by atoms with van der Waals surface area (Å²) in [5.74, 6) is 6.05. The lowest BCUT2D eigenvalue weighted by molar-refractivity contribution is 0.180. The molecule has 0 radical (unpaired) electrons.